The van der Waals surface area contributed by atoms with Crippen LogP contribution in [0.2, 0.25) is 0 Å². The molecule has 0 saturated carbocycles. The van der Waals surface area contributed by atoms with E-state index < -0.39 is 5.97 Å². The standard InChI is InChI=1S/C9H8O2.AsH3/c10-9(11)7-6-8-4-2-1-3-5-8;/h1-7H,(H,10,11);1H3. The summed E-state index contributed by atoms with van der Waals surface area (Å²) in [5.74, 6) is -0.922. The summed E-state index contributed by atoms with van der Waals surface area (Å²) in [6.07, 6.45) is 2.68. The monoisotopic (exact) mass is 226 g/mol. The van der Waals surface area contributed by atoms with Crippen molar-refractivity contribution in [2.75, 3.05) is 0 Å². The van der Waals surface area contributed by atoms with Crippen molar-refractivity contribution in [3.8, 4) is 0 Å². The van der Waals surface area contributed by atoms with Crippen molar-refractivity contribution in [2.24, 2.45) is 0 Å². The Labute approximate surface area is 82.2 Å². The molecule has 0 heterocycles. The summed E-state index contributed by atoms with van der Waals surface area (Å²) >= 11 is 0. The fourth-order valence-corrected chi connectivity index (χ4v) is 0.732. The van der Waals surface area contributed by atoms with Crippen LogP contribution < -0.4 is 0 Å². The number of hydrogen-bond donors (Lipinski definition) is 1. The van der Waals surface area contributed by atoms with Gasteiger partial charge in [-0.2, -0.15) is 0 Å². The van der Waals surface area contributed by atoms with Gasteiger partial charge in [0, 0.05) is 6.08 Å². The van der Waals surface area contributed by atoms with Crippen molar-refractivity contribution in [3.63, 3.8) is 0 Å². The van der Waals surface area contributed by atoms with Gasteiger partial charge in [0.1, 0.15) is 0 Å². The van der Waals surface area contributed by atoms with E-state index in [1.54, 1.807) is 6.08 Å². The Morgan fingerprint density at radius 1 is 1.25 bits per heavy atom. The van der Waals surface area contributed by atoms with Crippen molar-refractivity contribution in [1.29, 1.82) is 0 Å². The van der Waals surface area contributed by atoms with E-state index in [2.05, 4.69) is 0 Å². The molecule has 0 bridgehead atoms. The average molecular weight is 226 g/mol. The third-order valence-corrected chi connectivity index (χ3v) is 1.22. The van der Waals surface area contributed by atoms with Crippen LogP contribution in [-0.4, -0.2) is 29.0 Å². The number of hydrogen-bond acceptors (Lipinski definition) is 1. The van der Waals surface area contributed by atoms with E-state index in [4.69, 9.17) is 5.11 Å². The molecule has 1 atom stereocenters. The summed E-state index contributed by atoms with van der Waals surface area (Å²) in [5, 5.41) is 8.29. The predicted octanol–water partition coefficient (Wildman–Crippen LogP) is 0.600. The molecule has 0 aliphatic rings. The molecule has 0 aliphatic heterocycles. The molecule has 0 amide bonds. The number of rotatable bonds is 2. The normalized spacial score (nSPS) is 9.33. The number of aliphatic carboxylic acids is 1. The second-order valence-electron chi connectivity index (χ2n) is 2.08. The Morgan fingerprint density at radius 2 is 1.83 bits per heavy atom. The molecule has 64 valence electrons. The molecule has 0 radical (unpaired) electrons. The minimum atomic E-state index is -0.922. The average Bonchev–Trinajstić information content (AvgIpc) is 2.03. The maximum absolute atomic E-state index is 10.1. The fraction of sp³-hybridized carbons (Fsp3) is 0. The quantitative estimate of drug-likeness (QED) is 0.592. The molecule has 1 unspecified atom stereocenters. The van der Waals surface area contributed by atoms with E-state index in [0.717, 1.165) is 11.6 Å². The van der Waals surface area contributed by atoms with Gasteiger partial charge in [0.05, 0.1) is 0 Å². The summed E-state index contributed by atoms with van der Waals surface area (Å²) in [6.45, 7) is 0. The number of carboxylic acids is 1. The molecule has 0 spiro atoms. The van der Waals surface area contributed by atoms with Crippen LogP contribution in [0, 0.1) is 0 Å². The molecule has 1 aromatic rings. The molecular formula is C9H11AsO2. The maximum atomic E-state index is 10.1. The molecule has 1 N–H and O–H groups in total. The van der Waals surface area contributed by atoms with E-state index in [1.165, 1.54) is 0 Å². The number of carbonyl (C=O) groups is 1. The Balaban J connectivity index is 0.00000121. The summed E-state index contributed by atoms with van der Waals surface area (Å²) in [4.78, 5) is 10.1. The molecule has 1 aromatic carbocycles. The van der Waals surface area contributed by atoms with Crippen LogP contribution in [0.3, 0.4) is 0 Å². The summed E-state index contributed by atoms with van der Waals surface area (Å²) in [6, 6.07) is 9.31. The Hall–Kier alpha value is -1.01. The van der Waals surface area contributed by atoms with Crippen molar-refractivity contribution in [1.82, 2.24) is 0 Å². The van der Waals surface area contributed by atoms with Gasteiger partial charge < -0.3 is 5.11 Å². The Kier molecular flexibility index (Phi) is 5.14. The fourth-order valence-electron chi connectivity index (χ4n) is 0.732. The Morgan fingerprint density at radius 3 is 2.33 bits per heavy atom. The summed E-state index contributed by atoms with van der Waals surface area (Å²) in [5.41, 5.74) is 0.898. The van der Waals surface area contributed by atoms with E-state index in [0.29, 0.717) is 0 Å². The predicted molar refractivity (Wildman–Crippen MR) is 53.1 cm³/mol. The topological polar surface area (TPSA) is 37.3 Å². The molecule has 0 aliphatic carbocycles. The zero-order chi connectivity index (χ0) is 8.10. The van der Waals surface area contributed by atoms with Crippen LogP contribution in [0.25, 0.3) is 6.08 Å². The first-order valence-electron chi connectivity index (χ1n) is 3.25. The van der Waals surface area contributed by atoms with Gasteiger partial charge in [-0.15, -0.1) is 0 Å². The minimum absolute atomic E-state index is 0. The zero-order valence-corrected chi connectivity index (χ0v) is 9.57. The first-order chi connectivity index (χ1) is 5.29. The molecule has 12 heavy (non-hydrogen) atoms. The third kappa shape index (κ3) is 3.99. The molecule has 1 rings (SSSR count). The van der Waals surface area contributed by atoms with Crippen molar-refractivity contribution < 1.29 is 9.90 Å². The van der Waals surface area contributed by atoms with Crippen LogP contribution in [0.4, 0.5) is 0 Å². The molecule has 0 saturated heterocycles. The van der Waals surface area contributed by atoms with Crippen molar-refractivity contribution in [2.45, 2.75) is 0 Å². The second-order valence-corrected chi connectivity index (χ2v) is 2.08. The SMILES string of the molecule is O=C(O)C=Cc1ccccc1.[AsH3]. The summed E-state index contributed by atoms with van der Waals surface area (Å²) in [7, 11) is 0. The van der Waals surface area contributed by atoms with Gasteiger partial charge in [0.25, 0.3) is 0 Å². The molecule has 2 nitrogen and oxygen atoms in total. The van der Waals surface area contributed by atoms with E-state index in [-0.39, 0.29) is 18.0 Å². The number of carboxylic acid groups (broad SMARTS) is 1. The molecular weight excluding hydrogens is 215 g/mol. The van der Waals surface area contributed by atoms with Gasteiger partial charge in [-0.25, -0.2) is 4.79 Å². The van der Waals surface area contributed by atoms with Crippen molar-refractivity contribution >= 4 is 30.0 Å². The van der Waals surface area contributed by atoms with E-state index in [1.807, 2.05) is 30.3 Å². The van der Waals surface area contributed by atoms with Crippen molar-refractivity contribution in [3.05, 3.63) is 42.0 Å². The van der Waals surface area contributed by atoms with Crippen LogP contribution in [0.1, 0.15) is 5.56 Å². The molecule has 0 fully saturated rings. The summed E-state index contributed by atoms with van der Waals surface area (Å²) < 4.78 is 0. The van der Waals surface area contributed by atoms with Gasteiger partial charge in [0.2, 0.25) is 0 Å². The molecule has 0 aromatic heterocycles. The van der Waals surface area contributed by atoms with Gasteiger partial charge in [-0.1, -0.05) is 30.3 Å². The van der Waals surface area contributed by atoms with Gasteiger partial charge in [-0.3, -0.25) is 0 Å². The van der Waals surface area contributed by atoms with E-state index in [9.17, 15) is 4.79 Å². The second kappa shape index (κ2) is 5.61. The van der Waals surface area contributed by atoms with E-state index >= 15 is 0 Å². The van der Waals surface area contributed by atoms with Crippen LogP contribution in [0.5, 0.6) is 0 Å². The molecule has 3 heteroatoms. The first kappa shape index (κ1) is 11.0. The van der Waals surface area contributed by atoms with Gasteiger partial charge in [0.15, 0.2) is 0 Å². The third-order valence-electron chi connectivity index (χ3n) is 1.22. The van der Waals surface area contributed by atoms with Gasteiger partial charge >= 0.3 is 23.9 Å². The first-order valence-corrected chi connectivity index (χ1v) is 3.25. The number of benzene rings is 1. The van der Waals surface area contributed by atoms with Crippen LogP contribution in [-0.2, 0) is 4.79 Å². The van der Waals surface area contributed by atoms with Crippen LogP contribution >= 0.6 is 0 Å². The van der Waals surface area contributed by atoms with Gasteiger partial charge in [-0.05, 0) is 11.6 Å². The Bertz CT molecular complexity index is 267. The van der Waals surface area contributed by atoms with Crippen LogP contribution in [0.15, 0.2) is 36.4 Å². The zero-order valence-electron chi connectivity index (χ0n) is 6.60.